The van der Waals surface area contributed by atoms with Crippen molar-refractivity contribution in [3.05, 3.63) is 47.8 Å². The second kappa shape index (κ2) is 6.68. The molecule has 1 aromatic carbocycles. The van der Waals surface area contributed by atoms with E-state index in [4.69, 9.17) is 0 Å². The first-order chi connectivity index (χ1) is 11.5. The van der Waals surface area contributed by atoms with Gasteiger partial charge in [-0.3, -0.25) is 4.79 Å². The van der Waals surface area contributed by atoms with Crippen LogP contribution < -0.4 is 5.32 Å². The first kappa shape index (κ1) is 16.6. The Hall–Kier alpha value is -2.28. The third-order valence-corrected chi connectivity index (χ3v) is 5.21. The number of para-hydroxylation sites is 1. The van der Waals surface area contributed by atoms with Gasteiger partial charge in [-0.1, -0.05) is 18.2 Å². The third-order valence-electron chi connectivity index (χ3n) is 4.23. The lowest BCUT2D eigenvalue weighted by Crippen LogP contribution is -2.56. The van der Waals surface area contributed by atoms with Crippen molar-refractivity contribution in [3.8, 4) is 5.69 Å². The molecule has 2 aromatic rings. The molecule has 126 valence electrons. The molecule has 3 rings (SSSR count). The van der Waals surface area contributed by atoms with Crippen molar-refractivity contribution in [2.45, 2.75) is 25.3 Å². The highest BCUT2D eigenvalue weighted by Crippen LogP contribution is 2.28. The second-order valence-corrected chi connectivity index (χ2v) is 7.10. The zero-order chi connectivity index (χ0) is 17.2. The van der Waals surface area contributed by atoms with E-state index in [1.165, 1.54) is 0 Å². The van der Waals surface area contributed by atoms with Gasteiger partial charge in [-0.05, 0) is 49.5 Å². The number of nitrogens with zero attached hydrogens (tertiary/aromatic N) is 2. The fourth-order valence-corrected chi connectivity index (χ4v) is 4.00. The summed E-state index contributed by atoms with van der Waals surface area (Å²) >= 11 is 1.71. The normalized spacial score (nSPS) is 16.5. The minimum Gasteiger partial charge on any atom is -0.480 e. The van der Waals surface area contributed by atoms with E-state index in [9.17, 15) is 14.7 Å². The van der Waals surface area contributed by atoms with Crippen molar-refractivity contribution < 1.29 is 14.7 Å². The number of aliphatic carboxylic acids is 1. The number of nitrogens with one attached hydrogen (secondary N) is 1. The minimum atomic E-state index is -1.19. The Morgan fingerprint density at radius 2 is 1.92 bits per heavy atom. The van der Waals surface area contributed by atoms with Crippen molar-refractivity contribution in [2.24, 2.45) is 0 Å². The van der Waals surface area contributed by atoms with Gasteiger partial charge in [0.25, 0.3) is 5.91 Å². The summed E-state index contributed by atoms with van der Waals surface area (Å²) < 4.78 is 1.68. The van der Waals surface area contributed by atoms with Crippen LogP contribution >= 0.6 is 11.8 Å². The van der Waals surface area contributed by atoms with E-state index in [2.05, 4.69) is 10.4 Å². The van der Waals surface area contributed by atoms with Crippen molar-refractivity contribution in [1.82, 2.24) is 15.1 Å². The monoisotopic (exact) mass is 345 g/mol. The Kier molecular flexibility index (Phi) is 4.62. The summed E-state index contributed by atoms with van der Waals surface area (Å²) in [6.07, 6.45) is 0.855. The number of aryl methyl sites for hydroxylation is 1. The molecular formula is C17H19N3O3S. The number of aromatic nitrogens is 2. The molecule has 1 amide bonds. The van der Waals surface area contributed by atoms with Crippen LogP contribution in [0.15, 0.2) is 36.4 Å². The predicted octanol–water partition coefficient (Wildman–Crippen LogP) is 2.26. The van der Waals surface area contributed by atoms with Gasteiger partial charge in [0.15, 0.2) is 5.69 Å². The molecule has 1 fully saturated rings. The van der Waals surface area contributed by atoms with Gasteiger partial charge in [0.05, 0.1) is 5.69 Å². The smallest absolute Gasteiger partial charge is 0.329 e. The number of hydrogen-bond donors (Lipinski definition) is 2. The number of rotatable bonds is 4. The summed E-state index contributed by atoms with van der Waals surface area (Å²) in [4.78, 5) is 24.2. The van der Waals surface area contributed by atoms with E-state index in [0.29, 0.717) is 12.8 Å². The summed E-state index contributed by atoms with van der Waals surface area (Å²) in [7, 11) is 0. The first-order valence-corrected chi connectivity index (χ1v) is 8.93. The van der Waals surface area contributed by atoms with Crippen LogP contribution in [-0.2, 0) is 4.79 Å². The molecule has 0 radical (unpaired) electrons. The van der Waals surface area contributed by atoms with Crippen LogP contribution in [0.5, 0.6) is 0 Å². The molecule has 1 aliphatic heterocycles. The highest BCUT2D eigenvalue weighted by atomic mass is 32.2. The molecule has 2 N–H and O–H groups in total. The van der Waals surface area contributed by atoms with Crippen molar-refractivity contribution in [3.63, 3.8) is 0 Å². The maximum Gasteiger partial charge on any atom is 0.329 e. The van der Waals surface area contributed by atoms with Crippen LogP contribution in [0, 0.1) is 6.92 Å². The zero-order valence-corrected chi connectivity index (χ0v) is 14.2. The van der Waals surface area contributed by atoms with Gasteiger partial charge in [-0.25, -0.2) is 9.48 Å². The fourth-order valence-electron chi connectivity index (χ4n) is 2.81. The van der Waals surface area contributed by atoms with E-state index >= 15 is 0 Å². The molecule has 0 unspecified atom stereocenters. The molecule has 2 heterocycles. The van der Waals surface area contributed by atoms with Crippen molar-refractivity contribution in [1.29, 1.82) is 0 Å². The average molecular weight is 345 g/mol. The Morgan fingerprint density at radius 3 is 2.54 bits per heavy atom. The van der Waals surface area contributed by atoms with E-state index in [0.717, 1.165) is 22.9 Å². The van der Waals surface area contributed by atoms with E-state index in [1.54, 1.807) is 22.5 Å². The fraction of sp³-hybridized carbons (Fsp3) is 0.353. The predicted molar refractivity (Wildman–Crippen MR) is 92.7 cm³/mol. The quantitative estimate of drug-likeness (QED) is 0.888. The summed E-state index contributed by atoms with van der Waals surface area (Å²) in [6.45, 7) is 1.86. The summed E-state index contributed by atoms with van der Waals surface area (Å²) in [6, 6.07) is 11.2. The molecule has 0 aliphatic carbocycles. The van der Waals surface area contributed by atoms with Gasteiger partial charge in [-0.2, -0.15) is 16.9 Å². The molecule has 0 saturated carbocycles. The molecule has 1 saturated heterocycles. The minimum absolute atomic E-state index is 0.232. The lowest BCUT2D eigenvalue weighted by atomic mass is 9.92. The van der Waals surface area contributed by atoms with E-state index < -0.39 is 17.4 Å². The van der Waals surface area contributed by atoms with Gasteiger partial charge < -0.3 is 10.4 Å². The summed E-state index contributed by atoms with van der Waals surface area (Å²) in [5, 5.41) is 16.6. The topological polar surface area (TPSA) is 84.2 Å². The van der Waals surface area contributed by atoms with Crippen LogP contribution in [0.25, 0.3) is 5.69 Å². The van der Waals surface area contributed by atoms with Crippen LogP contribution in [0.4, 0.5) is 0 Å². The number of carboxylic acids is 1. The maximum absolute atomic E-state index is 12.6. The molecular weight excluding hydrogens is 326 g/mol. The van der Waals surface area contributed by atoms with E-state index in [-0.39, 0.29) is 5.69 Å². The zero-order valence-electron chi connectivity index (χ0n) is 13.4. The molecule has 0 bridgehead atoms. The largest absolute Gasteiger partial charge is 0.480 e. The molecule has 24 heavy (non-hydrogen) atoms. The number of hydrogen-bond acceptors (Lipinski definition) is 4. The molecule has 1 aromatic heterocycles. The molecule has 6 nitrogen and oxygen atoms in total. The first-order valence-electron chi connectivity index (χ1n) is 7.78. The number of benzene rings is 1. The lowest BCUT2D eigenvalue weighted by molar-refractivity contribution is -0.144. The van der Waals surface area contributed by atoms with E-state index in [1.807, 2.05) is 37.3 Å². The second-order valence-electron chi connectivity index (χ2n) is 5.87. The van der Waals surface area contributed by atoms with Crippen molar-refractivity contribution >= 4 is 23.6 Å². The highest BCUT2D eigenvalue weighted by molar-refractivity contribution is 7.99. The van der Waals surface area contributed by atoms with Crippen LogP contribution in [0.3, 0.4) is 0 Å². The number of carboxylic acid groups (broad SMARTS) is 1. The molecule has 1 aliphatic rings. The Labute approximate surface area is 144 Å². The lowest BCUT2D eigenvalue weighted by Gasteiger charge is -2.33. The molecule has 0 atom stereocenters. The van der Waals surface area contributed by atoms with Gasteiger partial charge in [0.2, 0.25) is 0 Å². The Morgan fingerprint density at radius 1 is 1.25 bits per heavy atom. The highest BCUT2D eigenvalue weighted by Gasteiger charge is 2.41. The van der Waals surface area contributed by atoms with Crippen LogP contribution in [0.2, 0.25) is 0 Å². The number of amides is 1. The average Bonchev–Trinajstić information content (AvgIpc) is 2.98. The molecule has 0 spiro atoms. The standard InChI is InChI=1S/C17H19N3O3S/c1-12-11-14(19-20(12)13-5-3-2-4-6-13)15(21)18-17(16(22)23)7-9-24-10-8-17/h2-6,11H,7-10H2,1H3,(H,18,21)(H,22,23). The summed E-state index contributed by atoms with van der Waals surface area (Å²) in [5.41, 5.74) is 0.716. The van der Waals surface area contributed by atoms with Gasteiger partial charge >= 0.3 is 5.97 Å². The SMILES string of the molecule is Cc1cc(C(=O)NC2(C(=O)O)CCSCC2)nn1-c1ccccc1. The maximum atomic E-state index is 12.6. The Balaban J connectivity index is 1.84. The summed E-state index contributed by atoms with van der Waals surface area (Å²) in [5.74, 6) is 0.0335. The van der Waals surface area contributed by atoms with Gasteiger partial charge in [-0.15, -0.1) is 0 Å². The van der Waals surface area contributed by atoms with Gasteiger partial charge in [0.1, 0.15) is 5.54 Å². The number of carbonyl (C=O) groups excluding carboxylic acids is 1. The third kappa shape index (κ3) is 3.17. The van der Waals surface area contributed by atoms with Crippen LogP contribution in [-0.4, -0.2) is 43.8 Å². The number of carbonyl (C=O) groups is 2. The number of thioether (sulfide) groups is 1. The van der Waals surface area contributed by atoms with Crippen molar-refractivity contribution in [2.75, 3.05) is 11.5 Å². The Bertz CT molecular complexity index is 752. The van der Waals surface area contributed by atoms with Crippen LogP contribution in [0.1, 0.15) is 29.0 Å². The molecule has 7 heteroatoms. The van der Waals surface area contributed by atoms with Gasteiger partial charge in [0, 0.05) is 5.69 Å².